The number of rotatable bonds is 5. The van der Waals surface area contributed by atoms with E-state index < -0.39 is 10.0 Å². The number of nitrogens with one attached hydrogen (secondary N) is 1. The molecule has 0 bridgehead atoms. The fourth-order valence-electron chi connectivity index (χ4n) is 3.09. The minimum atomic E-state index is -3.63. The molecular formula is C18H26N4O2S. The highest BCUT2D eigenvalue weighted by Crippen LogP contribution is 2.28. The van der Waals surface area contributed by atoms with Gasteiger partial charge in [-0.15, -0.1) is 0 Å². The highest BCUT2D eigenvalue weighted by Gasteiger charge is 2.35. The van der Waals surface area contributed by atoms with E-state index in [4.69, 9.17) is 0 Å². The molecule has 1 N–H and O–H groups in total. The molecule has 1 aromatic heterocycles. The van der Waals surface area contributed by atoms with Gasteiger partial charge in [-0.25, -0.2) is 13.4 Å². The Morgan fingerprint density at radius 2 is 2.00 bits per heavy atom. The van der Waals surface area contributed by atoms with Gasteiger partial charge in [0.25, 0.3) is 10.0 Å². The zero-order chi connectivity index (χ0) is 18.0. The number of aryl methyl sites for hydroxylation is 1. The molecule has 1 fully saturated rings. The Morgan fingerprint density at radius 1 is 1.28 bits per heavy atom. The minimum Gasteiger partial charge on any atom is -0.334 e. The van der Waals surface area contributed by atoms with Crippen LogP contribution in [0.25, 0.3) is 0 Å². The number of benzene rings is 1. The number of piperazine rings is 1. The van der Waals surface area contributed by atoms with Crippen LogP contribution in [0.2, 0.25) is 0 Å². The van der Waals surface area contributed by atoms with E-state index in [9.17, 15) is 8.42 Å². The van der Waals surface area contributed by atoms with Gasteiger partial charge in [-0.05, 0) is 31.4 Å². The van der Waals surface area contributed by atoms with Crippen LogP contribution in [-0.2, 0) is 16.4 Å². The van der Waals surface area contributed by atoms with E-state index in [2.05, 4.69) is 29.4 Å². The summed E-state index contributed by atoms with van der Waals surface area (Å²) in [6.45, 7) is 7.81. The lowest BCUT2D eigenvalue weighted by molar-refractivity contribution is 0.271. The summed E-state index contributed by atoms with van der Waals surface area (Å²) in [5.74, 6) is 0. The second-order valence-electron chi connectivity index (χ2n) is 6.68. The number of hydrogen-bond acceptors (Lipinski definition) is 4. The van der Waals surface area contributed by atoms with Crippen LogP contribution < -0.4 is 5.32 Å². The van der Waals surface area contributed by atoms with Crippen LogP contribution in [0.5, 0.6) is 0 Å². The number of imidazole rings is 1. The lowest BCUT2D eigenvalue weighted by Gasteiger charge is -2.35. The van der Waals surface area contributed by atoms with Crippen molar-refractivity contribution in [3.63, 3.8) is 0 Å². The molecule has 0 saturated carbocycles. The van der Waals surface area contributed by atoms with Crippen molar-refractivity contribution in [1.82, 2.24) is 19.2 Å². The predicted octanol–water partition coefficient (Wildman–Crippen LogP) is 2.36. The van der Waals surface area contributed by atoms with Gasteiger partial charge in [0.05, 0.1) is 12.4 Å². The summed E-state index contributed by atoms with van der Waals surface area (Å²) in [4.78, 5) is 4.15. The van der Waals surface area contributed by atoms with Crippen LogP contribution in [0.1, 0.15) is 44.0 Å². The van der Waals surface area contributed by atoms with Gasteiger partial charge in [0.1, 0.15) is 0 Å². The Kier molecular flexibility index (Phi) is 5.27. The van der Waals surface area contributed by atoms with Crippen molar-refractivity contribution in [3.05, 3.63) is 47.9 Å². The molecule has 1 aromatic carbocycles. The zero-order valence-corrected chi connectivity index (χ0v) is 15.8. The summed E-state index contributed by atoms with van der Waals surface area (Å²) in [6, 6.07) is 8.17. The van der Waals surface area contributed by atoms with Crippen molar-refractivity contribution < 1.29 is 8.42 Å². The van der Waals surface area contributed by atoms with E-state index in [1.807, 2.05) is 30.5 Å². The Bertz CT molecular complexity index is 812. The maximum absolute atomic E-state index is 13.2. The second kappa shape index (κ2) is 7.27. The van der Waals surface area contributed by atoms with E-state index in [1.165, 1.54) is 5.56 Å². The Balaban J connectivity index is 1.93. The molecule has 0 spiro atoms. The Labute approximate surface area is 149 Å². The van der Waals surface area contributed by atoms with E-state index in [0.717, 1.165) is 12.0 Å². The highest BCUT2D eigenvalue weighted by molar-refractivity contribution is 7.89. The summed E-state index contributed by atoms with van der Waals surface area (Å²) in [7, 11) is -3.63. The van der Waals surface area contributed by atoms with Gasteiger partial charge < -0.3 is 9.88 Å². The first-order valence-corrected chi connectivity index (χ1v) is 10.2. The summed E-state index contributed by atoms with van der Waals surface area (Å²) < 4.78 is 29.7. The maximum Gasteiger partial charge on any atom is 0.262 e. The summed E-state index contributed by atoms with van der Waals surface area (Å²) in [6.07, 6.45) is 4.18. The molecule has 1 aliphatic heterocycles. The highest BCUT2D eigenvalue weighted by atomic mass is 32.2. The van der Waals surface area contributed by atoms with Crippen molar-refractivity contribution in [3.8, 4) is 0 Å². The third kappa shape index (κ3) is 3.63. The van der Waals surface area contributed by atoms with Crippen LogP contribution in [0.3, 0.4) is 0 Å². The third-order valence-electron chi connectivity index (χ3n) is 4.71. The average Bonchev–Trinajstić information content (AvgIpc) is 3.13. The molecule has 0 aliphatic carbocycles. The molecule has 1 aliphatic rings. The Morgan fingerprint density at radius 3 is 2.60 bits per heavy atom. The topological polar surface area (TPSA) is 67.2 Å². The lowest BCUT2D eigenvalue weighted by atomic mass is 10.0. The van der Waals surface area contributed by atoms with Crippen LogP contribution in [0.4, 0.5) is 0 Å². The van der Waals surface area contributed by atoms with Gasteiger partial charge in [0.2, 0.25) is 0 Å². The molecule has 2 heterocycles. The van der Waals surface area contributed by atoms with E-state index in [0.29, 0.717) is 19.6 Å². The average molecular weight is 362 g/mol. The van der Waals surface area contributed by atoms with Crippen molar-refractivity contribution in [2.75, 3.05) is 19.6 Å². The molecule has 2 aromatic rings. The summed E-state index contributed by atoms with van der Waals surface area (Å²) >= 11 is 0. The first kappa shape index (κ1) is 18.1. The third-order valence-corrected chi connectivity index (χ3v) is 6.51. The molecule has 136 valence electrons. The maximum atomic E-state index is 13.2. The first-order chi connectivity index (χ1) is 11.9. The van der Waals surface area contributed by atoms with Gasteiger partial charge in [-0.3, -0.25) is 0 Å². The van der Waals surface area contributed by atoms with Crippen LogP contribution >= 0.6 is 0 Å². The zero-order valence-electron chi connectivity index (χ0n) is 15.0. The van der Waals surface area contributed by atoms with Crippen molar-refractivity contribution in [2.45, 2.75) is 44.3 Å². The van der Waals surface area contributed by atoms with Crippen molar-refractivity contribution >= 4 is 10.0 Å². The summed E-state index contributed by atoms with van der Waals surface area (Å²) in [5, 5.41) is 3.43. The number of nitrogens with zero attached hydrogens (tertiary/aromatic N) is 3. The number of hydrogen-bond donors (Lipinski definition) is 1. The fraction of sp³-hybridized carbons (Fsp3) is 0.500. The number of aromatic nitrogens is 2. The summed E-state index contributed by atoms with van der Waals surface area (Å²) in [5.41, 5.74) is 2.26. The van der Waals surface area contributed by atoms with Crippen LogP contribution in [0.15, 0.2) is 41.8 Å². The SMILES string of the molecule is CCc1ccc(C2CNCCN2S(=O)(=O)c2cn(C(C)C)cn2)cc1. The van der Waals surface area contributed by atoms with Gasteiger partial charge in [0, 0.05) is 31.9 Å². The quantitative estimate of drug-likeness (QED) is 0.887. The van der Waals surface area contributed by atoms with Gasteiger partial charge in [-0.1, -0.05) is 31.2 Å². The predicted molar refractivity (Wildman–Crippen MR) is 97.9 cm³/mol. The van der Waals surface area contributed by atoms with E-state index in [1.54, 1.807) is 16.8 Å². The van der Waals surface area contributed by atoms with E-state index >= 15 is 0 Å². The largest absolute Gasteiger partial charge is 0.334 e. The minimum absolute atomic E-state index is 0.123. The van der Waals surface area contributed by atoms with Gasteiger partial charge in [0.15, 0.2) is 5.03 Å². The monoisotopic (exact) mass is 362 g/mol. The fourth-order valence-corrected chi connectivity index (χ4v) is 4.62. The number of sulfonamides is 1. The second-order valence-corrected chi connectivity index (χ2v) is 8.52. The first-order valence-electron chi connectivity index (χ1n) is 8.78. The lowest BCUT2D eigenvalue weighted by Crippen LogP contribution is -2.48. The van der Waals surface area contributed by atoms with E-state index in [-0.39, 0.29) is 17.1 Å². The molecule has 3 rings (SSSR count). The molecule has 6 nitrogen and oxygen atoms in total. The van der Waals surface area contributed by atoms with Gasteiger partial charge in [-0.2, -0.15) is 4.31 Å². The molecule has 25 heavy (non-hydrogen) atoms. The normalized spacial score (nSPS) is 19.4. The molecule has 1 saturated heterocycles. The smallest absolute Gasteiger partial charge is 0.262 e. The Hall–Kier alpha value is -1.70. The van der Waals surface area contributed by atoms with Crippen molar-refractivity contribution in [1.29, 1.82) is 0 Å². The van der Waals surface area contributed by atoms with Crippen LogP contribution in [0, 0.1) is 0 Å². The molecule has 7 heteroatoms. The standard InChI is InChI=1S/C18H26N4O2S/c1-4-15-5-7-16(8-6-15)17-11-19-9-10-22(17)25(23,24)18-12-21(13-20-18)14(2)3/h5-8,12-14,17,19H,4,9-11H2,1-3H3. The molecule has 1 unspecified atom stereocenters. The van der Waals surface area contributed by atoms with Crippen LogP contribution in [-0.4, -0.2) is 41.9 Å². The molecular weight excluding hydrogens is 336 g/mol. The van der Waals surface area contributed by atoms with Gasteiger partial charge >= 0.3 is 0 Å². The molecule has 1 atom stereocenters. The van der Waals surface area contributed by atoms with Crippen molar-refractivity contribution in [2.24, 2.45) is 0 Å². The molecule has 0 radical (unpaired) electrons. The molecule has 0 amide bonds.